The normalized spacial score (nSPS) is 21.8. The molecule has 2 aliphatic carbocycles. The van der Waals surface area contributed by atoms with Crippen LogP contribution >= 0.6 is 0 Å². The van der Waals surface area contributed by atoms with Crippen LogP contribution < -0.4 is 0 Å². The molecule has 3 aromatic rings. The number of aromatic nitrogens is 1. The van der Waals surface area contributed by atoms with E-state index in [1.165, 1.54) is 4.31 Å². The Kier molecular flexibility index (Phi) is 7.94. The lowest BCUT2D eigenvalue weighted by Crippen LogP contribution is -2.51. The maximum atomic E-state index is 14.0. The van der Waals surface area contributed by atoms with Gasteiger partial charge in [-0.1, -0.05) is 61.9 Å². The van der Waals surface area contributed by atoms with Gasteiger partial charge in [0.05, 0.1) is 12.3 Å². The summed E-state index contributed by atoms with van der Waals surface area (Å²) < 4.78 is 29.3. The Morgan fingerprint density at radius 3 is 2.44 bits per heavy atom. The fraction of sp³-hybridized carbons (Fsp3) is 0.515. The topological polar surface area (TPSA) is 90.6 Å². The van der Waals surface area contributed by atoms with Gasteiger partial charge in [0.25, 0.3) is 0 Å². The molecule has 41 heavy (non-hydrogen) atoms. The van der Waals surface area contributed by atoms with Crippen LogP contribution in [0.25, 0.3) is 10.9 Å². The zero-order valence-corrected chi connectivity index (χ0v) is 25.8. The van der Waals surface area contributed by atoms with Gasteiger partial charge in [0.1, 0.15) is 5.78 Å². The lowest BCUT2D eigenvalue weighted by atomic mass is 9.70. The minimum atomic E-state index is -3.89. The first-order valence-corrected chi connectivity index (χ1v) is 16.4. The van der Waals surface area contributed by atoms with Gasteiger partial charge in [0.15, 0.2) is 0 Å². The maximum Gasteiger partial charge on any atom is 0.238 e. The molecule has 7 nitrogen and oxygen atoms in total. The van der Waals surface area contributed by atoms with Crippen LogP contribution in [-0.4, -0.2) is 59.2 Å². The molecule has 0 radical (unpaired) electrons. The molecular formula is C33H43N3O4S. The number of sulfonamides is 1. The number of H-pyrrole nitrogens is 1. The van der Waals surface area contributed by atoms with Crippen LogP contribution in [0.4, 0.5) is 0 Å². The molecule has 220 valence electrons. The summed E-state index contributed by atoms with van der Waals surface area (Å²) in [6.45, 7) is 10.3. The van der Waals surface area contributed by atoms with E-state index in [1.807, 2.05) is 69.4 Å². The van der Waals surface area contributed by atoms with Crippen molar-refractivity contribution in [2.24, 2.45) is 16.7 Å². The van der Waals surface area contributed by atoms with Crippen molar-refractivity contribution < 1.29 is 18.0 Å². The van der Waals surface area contributed by atoms with Gasteiger partial charge in [0, 0.05) is 48.1 Å². The van der Waals surface area contributed by atoms with Crippen LogP contribution in [0.15, 0.2) is 54.7 Å². The van der Waals surface area contributed by atoms with Gasteiger partial charge in [0.2, 0.25) is 15.9 Å². The first-order valence-electron chi connectivity index (χ1n) is 14.8. The summed E-state index contributed by atoms with van der Waals surface area (Å²) in [5.41, 5.74) is 3.07. The zero-order valence-electron chi connectivity index (χ0n) is 24.9. The summed E-state index contributed by atoms with van der Waals surface area (Å²) in [6, 6.07) is 15.8. The van der Waals surface area contributed by atoms with Crippen molar-refractivity contribution in [3.63, 3.8) is 0 Å². The monoisotopic (exact) mass is 577 g/mol. The molecule has 0 saturated heterocycles. The number of benzene rings is 2. The molecule has 0 aliphatic heterocycles. The van der Waals surface area contributed by atoms with E-state index in [2.05, 4.69) is 11.1 Å². The molecule has 2 unspecified atom stereocenters. The number of carbonyl (C=O) groups is 2. The Labute approximate surface area is 244 Å². The summed E-state index contributed by atoms with van der Waals surface area (Å²) >= 11 is 0. The number of amides is 1. The van der Waals surface area contributed by atoms with Gasteiger partial charge in [-0.3, -0.25) is 9.59 Å². The summed E-state index contributed by atoms with van der Waals surface area (Å²) in [6.07, 6.45) is 4.57. The number of nitrogens with one attached hydrogen (secondary N) is 1. The van der Waals surface area contributed by atoms with Gasteiger partial charge < -0.3 is 9.88 Å². The fourth-order valence-electron chi connectivity index (χ4n) is 7.14. The highest BCUT2D eigenvalue weighted by molar-refractivity contribution is 7.89. The van der Waals surface area contributed by atoms with Crippen LogP contribution in [0.5, 0.6) is 0 Å². The number of Topliss-reactive ketones (excluding diaryl/α,β-unsaturated/α-hetero) is 1. The SMILES string of the molecule is Cc1ccc(CN(CCc2c[nH]c3ccccc23)C(=O)CN(C(C)C)S(=O)(=O)CC23CCC(CC2=O)C3(C)C)cc1. The summed E-state index contributed by atoms with van der Waals surface area (Å²) in [4.78, 5) is 32.1. The van der Waals surface area contributed by atoms with Gasteiger partial charge >= 0.3 is 0 Å². The lowest BCUT2D eigenvalue weighted by molar-refractivity contribution is -0.132. The van der Waals surface area contributed by atoms with Crippen LogP contribution in [0, 0.1) is 23.7 Å². The largest absolute Gasteiger partial charge is 0.361 e. The second-order valence-electron chi connectivity index (χ2n) is 13.0. The number of fused-ring (bicyclic) bond motifs is 3. The highest BCUT2D eigenvalue weighted by atomic mass is 32.2. The van der Waals surface area contributed by atoms with Gasteiger partial charge in [-0.15, -0.1) is 0 Å². The van der Waals surface area contributed by atoms with Gasteiger partial charge in [-0.2, -0.15) is 4.31 Å². The van der Waals surface area contributed by atoms with Crippen LogP contribution in [0.1, 0.15) is 63.6 Å². The quantitative estimate of drug-likeness (QED) is 0.327. The van der Waals surface area contributed by atoms with E-state index in [0.717, 1.165) is 34.0 Å². The van der Waals surface area contributed by atoms with Gasteiger partial charge in [-0.25, -0.2) is 8.42 Å². The molecule has 1 amide bonds. The predicted octanol–water partition coefficient (Wildman–Crippen LogP) is 5.48. The molecule has 0 spiro atoms. The second kappa shape index (κ2) is 11.0. The Hall–Kier alpha value is -2.97. The molecule has 2 saturated carbocycles. The smallest absolute Gasteiger partial charge is 0.238 e. The zero-order chi connectivity index (χ0) is 29.6. The van der Waals surface area contributed by atoms with Gasteiger partial charge in [-0.05, 0) is 68.6 Å². The number of nitrogens with zero attached hydrogens (tertiary/aromatic N) is 2. The van der Waals surface area contributed by atoms with E-state index in [9.17, 15) is 18.0 Å². The van der Waals surface area contributed by atoms with Crippen molar-refractivity contribution in [3.05, 3.63) is 71.4 Å². The van der Waals surface area contributed by atoms with Crippen molar-refractivity contribution >= 4 is 32.6 Å². The van der Waals surface area contributed by atoms with Crippen molar-refractivity contribution in [1.82, 2.24) is 14.2 Å². The first-order chi connectivity index (χ1) is 19.3. The van der Waals surface area contributed by atoms with Crippen molar-refractivity contribution in [1.29, 1.82) is 0 Å². The van der Waals surface area contributed by atoms with Crippen LogP contribution in [0.3, 0.4) is 0 Å². The number of hydrogen-bond donors (Lipinski definition) is 1. The molecule has 2 fully saturated rings. The molecule has 8 heteroatoms. The Balaban J connectivity index is 1.38. The highest BCUT2D eigenvalue weighted by Gasteiger charge is 2.65. The number of ketones is 1. The number of aryl methyl sites for hydroxylation is 1. The third-order valence-corrected chi connectivity index (χ3v) is 12.1. The average Bonchev–Trinajstić information content (AvgIpc) is 3.49. The minimum absolute atomic E-state index is 0.0667. The minimum Gasteiger partial charge on any atom is -0.361 e. The molecule has 2 aliphatic rings. The third kappa shape index (κ3) is 5.48. The fourth-order valence-corrected chi connectivity index (χ4v) is 9.55. The molecule has 1 aromatic heterocycles. The number of hydrogen-bond acceptors (Lipinski definition) is 4. The standard InChI is InChI=1S/C33H43N3O4S/c1-23(2)36(41(39,40)22-33-16-14-27(18-30(33)37)32(33,4)5)21-31(38)35(20-25-12-10-24(3)11-13-25)17-15-26-19-34-29-9-7-6-8-28(26)29/h6-13,19,23,27,34H,14-18,20-22H2,1-5H3. The first kappa shape index (κ1) is 29.5. The number of para-hydroxylation sites is 1. The highest BCUT2D eigenvalue weighted by Crippen LogP contribution is 2.64. The van der Waals surface area contributed by atoms with Crippen molar-refractivity contribution in [2.45, 2.75) is 72.9 Å². The van der Waals surface area contributed by atoms with E-state index in [4.69, 9.17) is 0 Å². The molecule has 2 aromatic carbocycles. The Morgan fingerprint density at radius 1 is 1.10 bits per heavy atom. The molecule has 5 rings (SSSR count). The maximum absolute atomic E-state index is 14.0. The molecule has 2 atom stereocenters. The molecule has 1 N–H and O–H groups in total. The third-order valence-electron chi connectivity index (χ3n) is 9.97. The number of aromatic amines is 1. The van der Waals surface area contributed by atoms with Crippen LogP contribution in [0.2, 0.25) is 0 Å². The number of carbonyl (C=O) groups excluding carboxylic acids is 2. The lowest BCUT2D eigenvalue weighted by Gasteiger charge is -2.38. The van der Waals surface area contributed by atoms with Crippen molar-refractivity contribution in [2.75, 3.05) is 18.8 Å². The summed E-state index contributed by atoms with van der Waals surface area (Å²) in [5.74, 6) is -0.159. The van der Waals surface area contributed by atoms with E-state index in [0.29, 0.717) is 32.4 Å². The van der Waals surface area contributed by atoms with Crippen molar-refractivity contribution in [3.8, 4) is 0 Å². The average molecular weight is 578 g/mol. The summed E-state index contributed by atoms with van der Waals surface area (Å²) in [7, 11) is -3.89. The van der Waals surface area contributed by atoms with E-state index in [1.54, 1.807) is 18.7 Å². The van der Waals surface area contributed by atoms with E-state index in [-0.39, 0.29) is 35.3 Å². The van der Waals surface area contributed by atoms with E-state index >= 15 is 0 Å². The molecular weight excluding hydrogens is 534 g/mol. The number of rotatable bonds is 11. The molecule has 1 heterocycles. The molecule has 2 bridgehead atoms. The van der Waals surface area contributed by atoms with Crippen LogP contribution in [-0.2, 0) is 32.6 Å². The second-order valence-corrected chi connectivity index (χ2v) is 14.9. The van der Waals surface area contributed by atoms with E-state index < -0.39 is 21.5 Å². The summed E-state index contributed by atoms with van der Waals surface area (Å²) in [5, 5.41) is 1.12. The predicted molar refractivity (Wildman–Crippen MR) is 163 cm³/mol. The Bertz CT molecular complexity index is 1540. The Morgan fingerprint density at radius 2 is 1.80 bits per heavy atom.